The minimum Gasteiger partial charge on any atom is -0.333 e. The van der Waals surface area contributed by atoms with Crippen LogP contribution in [0, 0.1) is 0 Å². The molecule has 0 saturated heterocycles. The predicted octanol–water partition coefficient (Wildman–Crippen LogP) is 2.51. The number of nitrogens with zero attached hydrogens (tertiary/aromatic N) is 1. The third-order valence-corrected chi connectivity index (χ3v) is 3.93. The Morgan fingerprint density at radius 2 is 1.75 bits per heavy atom. The van der Waals surface area contributed by atoms with E-state index in [1.54, 1.807) is 24.3 Å². The van der Waals surface area contributed by atoms with E-state index in [4.69, 9.17) is 0 Å². The number of H-pyrrole nitrogens is 1. The molecule has 3 amide bonds. The van der Waals surface area contributed by atoms with E-state index in [0.717, 1.165) is 11.0 Å². The number of urea groups is 1. The standard InChI is InChI=1S/C16H15N5O2S/c22-14(20-21-15(23)17-11-6-2-1-3-7-11)10-24-16-18-12-8-4-5-9-13(12)19-16/h1-9H,10H2,(H,18,19)(H,20,22)(H2,17,21,23). The molecule has 0 bridgehead atoms. The predicted molar refractivity (Wildman–Crippen MR) is 93.6 cm³/mol. The van der Waals surface area contributed by atoms with Crippen LogP contribution in [-0.4, -0.2) is 27.7 Å². The van der Waals surface area contributed by atoms with Crippen molar-refractivity contribution in [3.05, 3.63) is 54.6 Å². The number of thioether (sulfide) groups is 1. The van der Waals surface area contributed by atoms with Crippen LogP contribution in [0.5, 0.6) is 0 Å². The van der Waals surface area contributed by atoms with Gasteiger partial charge in [0.2, 0.25) is 5.91 Å². The average molecular weight is 341 g/mol. The fourth-order valence-electron chi connectivity index (χ4n) is 1.98. The summed E-state index contributed by atoms with van der Waals surface area (Å²) in [6.07, 6.45) is 0. The Balaban J connectivity index is 1.43. The number of hydrazine groups is 1. The second-order valence-corrected chi connectivity index (χ2v) is 5.81. The maximum Gasteiger partial charge on any atom is 0.337 e. The van der Waals surface area contributed by atoms with Crippen LogP contribution in [-0.2, 0) is 4.79 Å². The molecule has 0 unspecified atom stereocenters. The number of imidazole rings is 1. The number of anilines is 1. The highest BCUT2D eigenvalue weighted by Crippen LogP contribution is 2.18. The summed E-state index contributed by atoms with van der Waals surface area (Å²) in [7, 11) is 0. The highest BCUT2D eigenvalue weighted by Gasteiger charge is 2.08. The molecular weight excluding hydrogens is 326 g/mol. The molecule has 7 nitrogen and oxygen atoms in total. The molecule has 4 N–H and O–H groups in total. The number of aromatic amines is 1. The lowest BCUT2D eigenvalue weighted by molar-refractivity contribution is -0.119. The third-order valence-electron chi connectivity index (χ3n) is 3.05. The molecule has 2 aromatic carbocycles. The van der Waals surface area contributed by atoms with Crippen LogP contribution < -0.4 is 16.2 Å². The number of carbonyl (C=O) groups excluding carboxylic acids is 2. The molecule has 0 aliphatic rings. The average Bonchev–Trinajstić information content (AvgIpc) is 3.02. The van der Waals surface area contributed by atoms with Crippen molar-refractivity contribution in [2.45, 2.75) is 5.16 Å². The van der Waals surface area contributed by atoms with Gasteiger partial charge in [0.15, 0.2) is 5.16 Å². The molecule has 1 heterocycles. The number of para-hydroxylation sites is 3. The fourth-order valence-corrected chi connectivity index (χ4v) is 2.66. The highest BCUT2D eigenvalue weighted by atomic mass is 32.2. The van der Waals surface area contributed by atoms with Crippen molar-refractivity contribution in [2.24, 2.45) is 0 Å². The minimum atomic E-state index is -0.511. The second kappa shape index (κ2) is 7.51. The zero-order chi connectivity index (χ0) is 16.8. The topological polar surface area (TPSA) is 98.9 Å². The van der Waals surface area contributed by atoms with Crippen LogP contribution in [0.15, 0.2) is 59.8 Å². The van der Waals surface area contributed by atoms with Gasteiger partial charge in [-0.15, -0.1) is 0 Å². The van der Waals surface area contributed by atoms with E-state index in [1.807, 2.05) is 30.3 Å². The van der Waals surface area contributed by atoms with E-state index in [9.17, 15) is 9.59 Å². The number of nitrogens with one attached hydrogen (secondary N) is 4. The van der Waals surface area contributed by atoms with Crippen molar-refractivity contribution in [1.82, 2.24) is 20.8 Å². The maximum atomic E-state index is 11.8. The lowest BCUT2D eigenvalue weighted by Gasteiger charge is -2.08. The fraction of sp³-hybridized carbons (Fsp3) is 0.0625. The molecule has 0 radical (unpaired) electrons. The lowest BCUT2D eigenvalue weighted by atomic mass is 10.3. The number of benzene rings is 2. The normalized spacial score (nSPS) is 10.3. The summed E-state index contributed by atoms with van der Waals surface area (Å²) in [5.74, 6) is -0.200. The van der Waals surface area contributed by atoms with Crippen LogP contribution in [0.4, 0.5) is 10.5 Å². The summed E-state index contributed by atoms with van der Waals surface area (Å²) in [5, 5.41) is 3.25. The van der Waals surface area contributed by atoms with Crippen LogP contribution in [0.1, 0.15) is 0 Å². The number of rotatable bonds is 4. The molecular formula is C16H15N5O2S. The van der Waals surface area contributed by atoms with Crippen molar-refractivity contribution in [3.8, 4) is 0 Å². The van der Waals surface area contributed by atoms with Gasteiger partial charge < -0.3 is 10.3 Å². The van der Waals surface area contributed by atoms with Gasteiger partial charge >= 0.3 is 6.03 Å². The first-order chi connectivity index (χ1) is 11.7. The molecule has 3 aromatic rings. The van der Waals surface area contributed by atoms with Crippen LogP contribution >= 0.6 is 11.8 Å². The molecule has 3 rings (SSSR count). The first-order valence-electron chi connectivity index (χ1n) is 7.19. The van der Waals surface area contributed by atoms with Gasteiger partial charge in [0, 0.05) is 5.69 Å². The monoisotopic (exact) mass is 341 g/mol. The largest absolute Gasteiger partial charge is 0.337 e. The summed E-state index contributed by atoms with van der Waals surface area (Å²) < 4.78 is 0. The number of fused-ring (bicyclic) bond motifs is 1. The number of amides is 3. The molecule has 0 aliphatic heterocycles. The summed E-state index contributed by atoms with van der Waals surface area (Å²) in [6, 6.07) is 16.1. The van der Waals surface area contributed by atoms with Crippen molar-refractivity contribution in [1.29, 1.82) is 0 Å². The van der Waals surface area contributed by atoms with E-state index >= 15 is 0 Å². The van der Waals surface area contributed by atoms with Crippen molar-refractivity contribution in [3.63, 3.8) is 0 Å². The Morgan fingerprint density at radius 3 is 2.54 bits per heavy atom. The molecule has 0 aliphatic carbocycles. The Kier molecular flexibility index (Phi) is 4.97. The first kappa shape index (κ1) is 15.9. The SMILES string of the molecule is O=C(CSc1nc2ccccc2[nH]1)NNC(=O)Nc1ccccc1. The molecule has 0 atom stereocenters. The van der Waals surface area contributed by atoms with Crippen molar-refractivity contribution >= 4 is 40.4 Å². The van der Waals surface area contributed by atoms with Gasteiger partial charge in [0.05, 0.1) is 16.8 Å². The molecule has 8 heteroatoms. The zero-order valence-corrected chi connectivity index (χ0v) is 13.4. The van der Waals surface area contributed by atoms with E-state index in [0.29, 0.717) is 10.8 Å². The van der Waals surface area contributed by atoms with E-state index in [-0.39, 0.29) is 11.7 Å². The van der Waals surface area contributed by atoms with Crippen LogP contribution in [0.2, 0.25) is 0 Å². The summed E-state index contributed by atoms with van der Waals surface area (Å²) in [6.45, 7) is 0. The maximum absolute atomic E-state index is 11.8. The van der Waals surface area contributed by atoms with Gasteiger partial charge in [-0.3, -0.25) is 10.2 Å². The molecule has 1 aromatic heterocycles. The van der Waals surface area contributed by atoms with Crippen molar-refractivity contribution < 1.29 is 9.59 Å². The number of aromatic nitrogens is 2. The lowest BCUT2D eigenvalue weighted by Crippen LogP contribution is -2.44. The Bertz CT molecular complexity index is 817. The zero-order valence-electron chi connectivity index (χ0n) is 12.6. The first-order valence-corrected chi connectivity index (χ1v) is 8.18. The van der Waals surface area contributed by atoms with Crippen molar-refractivity contribution in [2.75, 3.05) is 11.1 Å². The minimum absolute atomic E-state index is 0.130. The van der Waals surface area contributed by atoms with Gasteiger partial charge in [-0.1, -0.05) is 42.1 Å². The molecule has 0 spiro atoms. The summed E-state index contributed by atoms with van der Waals surface area (Å²) in [5.41, 5.74) is 7.05. The van der Waals surface area contributed by atoms with Gasteiger partial charge in [0.25, 0.3) is 0 Å². The Labute approximate surface area is 142 Å². The number of carbonyl (C=O) groups is 2. The smallest absolute Gasteiger partial charge is 0.333 e. The molecule has 0 fully saturated rings. The van der Waals surface area contributed by atoms with Gasteiger partial charge in [0.1, 0.15) is 0 Å². The van der Waals surface area contributed by atoms with Gasteiger partial charge in [-0.05, 0) is 24.3 Å². The molecule has 0 saturated carbocycles. The highest BCUT2D eigenvalue weighted by molar-refractivity contribution is 7.99. The summed E-state index contributed by atoms with van der Waals surface area (Å²) >= 11 is 1.26. The van der Waals surface area contributed by atoms with Gasteiger partial charge in [-0.25, -0.2) is 15.2 Å². The van der Waals surface area contributed by atoms with Gasteiger partial charge in [-0.2, -0.15) is 0 Å². The Hall–Kier alpha value is -3.00. The van der Waals surface area contributed by atoms with Crippen LogP contribution in [0.25, 0.3) is 11.0 Å². The number of hydrogen-bond acceptors (Lipinski definition) is 4. The third kappa shape index (κ3) is 4.26. The molecule has 122 valence electrons. The Morgan fingerprint density at radius 1 is 1.00 bits per heavy atom. The summed E-state index contributed by atoms with van der Waals surface area (Å²) in [4.78, 5) is 30.9. The van der Waals surface area contributed by atoms with E-state index < -0.39 is 6.03 Å². The second-order valence-electron chi connectivity index (χ2n) is 4.84. The van der Waals surface area contributed by atoms with Crippen LogP contribution in [0.3, 0.4) is 0 Å². The number of hydrogen-bond donors (Lipinski definition) is 4. The van der Waals surface area contributed by atoms with E-state index in [1.165, 1.54) is 11.8 Å². The molecule has 24 heavy (non-hydrogen) atoms. The van der Waals surface area contributed by atoms with E-state index in [2.05, 4.69) is 26.1 Å². The quantitative estimate of drug-likeness (QED) is 0.433.